The number of thioether (sulfide) groups is 1. The fraction of sp³-hybridized carbons (Fsp3) is 0.303. The Morgan fingerprint density at radius 2 is 1.75 bits per heavy atom. The van der Waals surface area contributed by atoms with Gasteiger partial charge in [0.1, 0.15) is 0 Å². The fourth-order valence-electron chi connectivity index (χ4n) is 6.30. The first kappa shape index (κ1) is 26.9. The summed E-state index contributed by atoms with van der Waals surface area (Å²) in [5.74, 6) is -0.0450. The zero-order valence-corrected chi connectivity index (χ0v) is 24.2. The van der Waals surface area contributed by atoms with Crippen molar-refractivity contribution in [3.05, 3.63) is 110 Å². The summed E-state index contributed by atoms with van der Waals surface area (Å²) in [5, 5.41) is 4.14. The van der Waals surface area contributed by atoms with E-state index in [2.05, 4.69) is 23.5 Å². The molecule has 3 aromatic carbocycles. The summed E-state index contributed by atoms with van der Waals surface area (Å²) in [6.07, 6.45) is 6.35. The first-order valence-corrected chi connectivity index (χ1v) is 15.3. The molecule has 2 aliphatic carbocycles. The van der Waals surface area contributed by atoms with Crippen LogP contribution < -0.4 is 10.9 Å². The van der Waals surface area contributed by atoms with E-state index in [1.807, 2.05) is 55.5 Å². The molecule has 1 saturated carbocycles. The quantitative estimate of drug-likeness (QED) is 0.194. The molecule has 204 valence electrons. The summed E-state index contributed by atoms with van der Waals surface area (Å²) in [6, 6.07) is 23.8. The number of hydrogen-bond acceptors (Lipinski definition) is 4. The average molecular weight is 570 g/mol. The number of carbonyl (C=O) groups excluding carboxylic acids is 1. The standard InChI is InChI=1S/C33H32ClN3O2S/c1-22-26(34)15-10-16-27(22)35-28(38)21-40-32-36-30-25-14-7-6-13-24(25)19-33(17-8-3-9-18-33)29(30)31(39)37(32)20-23-11-4-2-5-12-23/h2,4-7,10-16H,3,8-9,17-21H2,1H3,(H,35,38). The van der Waals surface area contributed by atoms with Crippen molar-refractivity contribution in [3.63, 3.8) is 0 Å². The molecular weight excluding hydrogens is 538 g/mol. The van der Waals surface area contributed by atoms with Gasteiger partial charge in [0, 0.05) is 21.7 Å². The van der Waals surface area contributed by atoms with E-state index < -0.39 is 0 Å². The minimum Gasteiger partial charge on any atom is -0.325 e. The first-order valence-electron chi connectivity index (χ1n) is 13.9. The molecule has 2 aliphatic rings. The van der Waals surface area contributed by atoms with Crippen LogP contribution in [0.2, 0.25) is 5.02 Å². The molecule has 1 N–H and O–H groups in total. The number of nitrogens with one attached hydrogen (secondary N) is 1. The molecule has 0 unspecified atom stereocenters. The highest BCUT2D eigenvalue weighted by atomic mass is 35.5. The Bertz CT molecular complexity index is 1630. The van der Waals surface area contributed by atoms with E-state index in [0.717, 1.165) is 60.1 Å². The number of benzene rings is 3. The molecule has 5 nitrogen and oxygen atoms in total. The van der Waals surface area contributed by atoms with Crippen LogP contribution >= 0.6 is 23.4 Å². The van der Waals surface area contributed by atoms with Crippen LogP contribution in [0.1, 0.15) is 54.4 Å². The van der Waals surface area contributed by atoms with Gasteiger partial charge < -0.3 is 5.32 Å². The van der Waals surface area contributed by atoms with E-state index >= 15 is 0 Å². The number of rotatable bonds is 6. The highest BCUT2D eigenvalue weighted by molar-refractivity contribution is 7.99. The molecule has 7 heteroatoms. The second-order valence-corrected chi connectivity index (χ2v) is 12.3. The van der Waals surface area contributed by atoms with Crippen molar-refractivity contribution in [2.24, 2.45) is 0 Å². The second kappa shape index (κ2) is 11.3. The number of fused-ring (bicyclic) bond motifs is 4. The van der Waals surface area contributed by atoms with Gasteiger partial charge in [0.05, 0.1) is 23.6 Å². The fourth-order valence-corrected chi connectivity index (χ4v) is 7.26. The number of hydrogen-bond donors (Lipinski definition) is 1. The first-order chi connectivity index (χ1) is 19.4. The molecule has 0 atom stereocenters. The van der Waals surface area contributed by atoms with Gasteiger partial charge in [-0.2, -0.15) is 0 Å². The van der Waals surface area contributed by atoms with Gasteiger partial charge in [0.25, 0.3) is 5.56 Å². The predicted molar refractivity (Wildman–Crippen MR) is 163 cm³/mol. The largest absolute Gasteiger partial charge is 0.325 e. The maximum absolute atomic E-state index is 14.5. The lowest BCUT2D eigenvalue weighted by Crippen LogP contribution is -2.43. The molecular formula is C33H32ClN3O2S. The minimum absolute atomic E-state index is 0.0267. The summed E-state index contributed by atoms with van der Waals surface area (Å²) in [6.45, 7) is 2.29. The summed E-state index contributed by atoms with van der Waals surface area (Å²) < 4.78 is 1.79. The van der Waals surface area contributed by atoms with Gasteiger partial charge in [0.15, 0.2) is 5.16 Å². The van der Waals surface area contributed by atoms with E-state index in [9.17, 15) is 9.59 Å². The van der Waals surface area contributed by atoms with Crippen LogP contribution in [0.25, 0.3) is 11.3 Å². The van der Waals surface area contributed by atoms with Gasteiger partial charge in [0.2, 0.25) is 5.91 Å². The molecule has 1 amide bonds. The molecule has 0 radical (unpaired) electrons. The van der Waals surface area contributed by atoms with Crippen LogP contribution in [0, 0.1) is 6.92 Å². The van der Waals surface area contributed by atoms with E-state index in [-0.39, 0.29) is 22.6 Å². The topological polar surface area (TPSA) is 64.0 Å². The van der Waals surface area contributed by atoms with Crippen LogP contribution in [0.4, 0.5) is 5.69 Å². The number of anilines is 1. The molecule has 1 fully saturated rings. The van der Waals surface area contributed by atoms with Crippen molar-refractivity contribution in [3.8, 4) is 11.3 Å². The second-order valence-electron chi connectivity index (χ2n) is 10.9. The van der Waals surface area contributed by atoms with Gasteiger partial charge in [-0.15, -0.1) is 0 Å². The van der Waals surface area contributed by atoms with Gasteiger partial charge in [-0.25, -0.2) is 4.98 Å². The monoisotopic (exact) mass is 569 g/mol. The highest BCUT2D eigenvalue weighted by Gasteiger charge is 2.43. The normalized spacial score (nSPS) is 15.3. The predicted octanol–water partition coefficient (Wildman–Crippen LogP) is 7.41. The Morgan fingerprint density at radius 1 is 1.00 bits per heavy atom. The Balaban J connectivity index is 1.42. The SMILES string of the molecule is Cc1c(Cl)cccc1NC(=O)CSc1nc2c(c(=O)n1Cc1ccccc1)C1(CCCCC1)Cc1ccccc1-2. The van der Waals surface area contributed by atoms with E-state index in [4.69, 9.17) is 16.6 Å². The van der Waals surface area contributed by atoms with Crippen molar-refractivity contribution in [2.75, 3.05) is 11.1 Å². The summed E-state index contributed by atoms with van der Waals surface area (Å²) in [7, 11) is 0. The van der Waals surface area contributed by atoms with Crippen LogP contribution in [0.15, 0.2) is 82.7 Å². The van der Waals surface area contributed by atoms with E-state index in [1.54, 1.807) is 10.6 Å². The van der Waals surface area contributed by atoms with Gasteiger partial charge in [-0.05, 0) is 55.0 Å². The maximum atomic E-state index is 14.5. The van der Waals surface area contributed by atoms with E-state index in [1.165, 1.54) is 23.7 Å². The molecule has 4 aromatic rings. The van der Waals surface area contributed by atoms with Crippen LogP contribution in [0.3, 0.4) is 0 Å². The zero-order chi connectivity index (χ0) is 27.7. The number of aromatic nitrogens is 2. The molecule has 6 rings (SSSR count). The Kier molecular flexibility index (Phi) is 7.56. The van der Waals surface area contributed by atoms with Crippen molar-refractivity contribution in [2.45, 2.75) is 62.6 Å². The number of amides is 1. The smallest absolute Gasteiger partial charge is 0.258 e. The van der Waals surface area contributed by atoms with Gasteiger partial charge >= 0.3 is 0 Å². The Labute approximate surface area is 244 Å². The summed E-state index contributed by atoms with van der Waals surface area (Å²) in [5.41, 5.74) is 6.34. The number of carbonyl (C=O) groups is 1. The number of halogens is 1. The van der Waals surface area contributed by atoms with Gasteiger partial charge in [-0.1, -0.05) is 103 Å². The lowest BCUT2D eigenvalue weighted by Gasteiger charge is -2.42. The molecule has 1 aromatic heterocycles. The van der Waals surface area contributed by atoms with Crippen LogP contribution in [-0.2, 0) is 23.2 Å². The summed E-state index contributed by atoms with van der Waals surface area (Å²) >= 11 is 7.56. The molecule has 1 spiro atoms. The third kappa shape index (κ3) is 5.11. The Morgan fingerprint density at radius 3 is 2.55 bits per heavy atom. The number of nitrogens with zero attached hydrogens (tertiary/aromatic N) is 2. The Hall–Kier alpha value is -3.35. The third-order valence-electron chi connectivity index (χ3n) is 8.33. The third-order valence-corrected chi connectivity index (χ3v) is 9.72. The van der Waals surface area contributed by atoms with Crippen molar-refractivity contribution < 1.29 is 4.79 Å². The molecule has 0 bridgehead atoms. The lowest BCUT2D eigenvalue weighted by molar-refractivity contribution is -0.113. The molecule has 40 heavy (non-hydrogen) atoms. The minimum atomic E-state index is -0.185. The van der Waals surface area contributed by atoms with E-state index in [0.29, 0.717) is 22.4 Å². The van der Waals surface area contributed by atoms with Crippen LogP contribution in [-0.4, -0.2) is 21.2 Å². The van der Waals surface area contributed by atoms with Crippen molar-refractivity contribution in [1.82, 2.24) is 9.55 Å². The zero-order valence-electron chi connectivity index (χ0n) is 22.6. The maximum Gasteiger partial charge on any atom is 0.258 e. The lowest BCUT2D eigenvalue weighted by atomic mass is 9.62. The highest BCUT2D eigenvalue weighted by Crippen LogP contribution is 2.48. The summed E-state index contributed by atoms with van der Waals surface area (Å²) in [4.78, 5) is 32.8. The van der Waals surface area contributed by atoms with Crippen LogP contribution in [0.5, 0.6) is 0 Å². The van der Waals surface area contributed by atoms with Gasteiger partial charge in [-0.3, -0.25) is 14.2 Å². The molecule has 0 saturated heterocycles. The average Bonchev–Trinajstić information content (AvgIpc) is 2.97. The molecule has 1 heterocycles. The van der Waals surface area contributed by atoms with Crippen molar-refractivity contribution >= 4 is 35.0 Å². The molecule has 0 aliphatic heterocycles. The van der Waals surface area contributed by atoms with Crippen molar-refractivity contribution in [1.29, 1.82) is 0 Å².